The second-order valence-electron chi connectivity index (χ2n) is 5.13. The molecule has 0 aliphatic carbocycles. The zero-order chi connectivity index (χ0) is 15.7. The minimum Gasteiger partial charge on any atom is -0.497 e. The van der Waals surface area contributed by atoms with Gasteiger partial charge in [-0.2, -0.15) is 0 Å². The van der Waals surface area contributed by atoms with Gasteiger partial charge in [0, 0.05) is 5.69 Å². The molecule has 0 spiro atoms. The molecule has 0 atom stereocenters. The van der Waals surface area contributed by atoms with Crippen LogP contribution in [0.1, 0.15) is 5.56 Å². The fourth-order valence-electron chi connectivity index (χ4n) is 2.33. The first-order chi connectivity index (χ1) is 10.6. The van der Waals surface area contributed by atoms with E-state index in [1.807, 2.05) is 31.2 Å². The van der Waals surface area contributed by atoms with Crippen LogP contribution in [0.15, 0.2) is 58.1 Å². The molecule has 3 aromatic rings. The molecule has 4 heteroatoms. The van der Waals surface area contributed by atoms with E-state index in [0.717, 1.165) is 22.6 Å². The summed E-state index contributed by atoms with van der Waals surface area (Å²) in [5.41, 5.74) is 2.46. The van der Waals surface area contributed by atoms with Crippen LogP contribution in [0, 0.1) is 6.92 Å². The molecule has 0 aliphatic rings. The third-order valence-electron chi connectivity index (χ3n) is 3.61. The Balaban J connectivity index is 1.94. The second kappa shape index (κ2) is 5.48. The minimum atomic E-state index is -0.480. The first-order valence-corrected chi connectivity index (χ1v) is 6.91. The van der Waals surface area contributed by atoms with E-state index in [4.69, 9.17) is 4.74 Å². The molecule has 0 aliphatic heterocycles. The van der Waals surface area contributed by atoms with Gasteiger partial charge in [-0.25, -0.2) is 0 Å². The summed E-state index contributed by atoms with van der Waals surface area (Å²) < 4.78 is 5.09. The molecule has 22 heavy (non-hydrogen) atoms. The average Bonchev–Trinajstić information content (AvgIpc) is 2.56. The van der Waals surface area contributed by atoms with Crippen molar-refractivity contribution in [2.45, 2.75) is 6.92 Å². The highest BCUT2D eigenvalue weighted by molar-refractivity contribution is 5.84. The second-order valence-corrected chi connectivity index (χ2v) is 5.13. The first-order valence-electron chi connectivity index (χ1n) is 6.91. The number of hydrogen-bond donors (Lipinski definition) is 1. The van der Waals surface area contributed by atoms with Crippen molar-refractivity contribution in [3.05, 3.63) is 74.5 Å². The van der Waals surface area contributed by atoms with Crippen molar-refractivity contribution >= 4 is 11.4 Å². The largest absolute Gasteiger partial charge is 0.497 e. The van der Waals surface area contributed by atoms with E-state index in [2.05, 4.69) is 5.32 Å². The van der Waals surface area contributed by atoms with Gasteiger partial charge in [0.05, 0.1) is 12.7 Å². The normalized spacial score (nSPS) is 10.6. The molecule has 110 valence electrons. The maximum Gasteiger partial charge on any atom is 0.250 e. The quantitative estimate of drug-likeness (QED) is 0.751. The maximum absolute atomic E-state index is 11.9. The van der Waals surface area contributed by atoms with Gasteiger partial charge in [0.2, 0.25) is 5.43 Å². The van der Waals surface area contributed by atoms with Crippen LogP contribution in [0.4, 0.5) is 11.4 Å². The van der Waals surface area contributed by atoms with E-state index >= 15 is 0 Å². The highest BCUT2D eigenvalue weighted by Gasteiger charge is 2.22. The fourth-order valence-corrected chi connectivity index (χ4v) is 2.33. The molecule has 3 rings (SSSR count). The first kappa shape index (κ1) is 14.1. The number of ether oxygens (including phenoxy) is 1. The Labute approximate surface area is 127 Å². The third-order valence-corrected chi connectivity index (χ3v) is 3.61. The van der Waals surface area contributed by atoms with Crippen LogP contribution in [-0.4, -0.2) is 7.11 Å². The summed E-state index contributed by atoms with van der Waals surface area (Å²) in [4.78, 5) is 23.7. The SMILES string of the molecule is COc1ccc(Nc2c(-c3ccc(C)cc3)c(=O)c2=O)cc1. The van der Waals surface area contributed by atoms with Crippen LogP contribution in [0.2, 0.25) is 0 Å². The van der Waals surface area contributed by atoms with Crippen molar-refractivity contribution in [3.63, 3.8) is 0 Å². The van der Waals surface area contributed by atoms with Gasteiger partial charge in [-0.1, -0.05) is 29.8 Å². The topological polar surface area (TPSA) is 55.4 Å². The lowest BCUT2D eigenvalue weighted by molar-refractivity contribution is 0.415. The third kappa shape index (κ3) is 2.39. The van der Waals surface area contributed by atoms with Crippen molar-refractivity contribution in [2.75, 3.05) is 12.4 Å². The van der Waals surface area contributed by atoms with Crippen molar-refractivity contribution in [1.82, 2.24) is 0 Å². The number of rotatable bonds is 4. The molecule has 0 bridgehead atoms. The van der Waals surface area contributed by atoms with Crippen molar-refractivity contribution in [3.8, 4) is 16.9 Å². The lowest BCUT2D eigenvalue weighted by Gasteiger charge is -2.14. The molecule has 0 radical (unpaired) electrons. The van der Waals surface area contributed by atoms with E-state index < -0.39 is 10.9 Å². The Hall–Kier alpha value is -2.88. The van der Waals surface area contributed by atoms with Gasteiger partial charge >= 0.3 is 0 Å². The van der Waals surface area contributed by atoms with E-state index in [1.54, 1.807) is 31.4 Å². The zero-order valence-corrected chi connectivity index (χ0v) is 12.3. The van der Waals surface area contributed by atoms with Gasteiger partial charge in [-0.15, -0.1) is 0 Å². The van der Waals surface area contributed by atoms with Crippen LogP contribution < -0.4 is 20.9 Å². The monoisotopic (exact) mass is 293 g/mol. The van der Waals surface area contributed by atoms with Gasteiger partial charge < -0.3 is 10.1 Å². The number of nitrogens with one attached hydrogen (secondary N) is 1. The average molecular weight is 293 g/mol. The Bertz CT molecular complexity index is 870. The summed E-state index contributed by atoms with van der Waals surface area (Å²) in [5.74, 6) is 0.731. The summed E-state index contributed by atoms with van der Waals surface area (Å²) >= 11 is 0. The summed E-state index contributed by atoms with van der Waals surface area (Å²) in [6.45, 7) is 1.97. The van der Waals surface area contributed by atoms with Gasteiger partial charge in [0.15, 0.2) is 0 Å². The molecule has 0 fully saturated rings. The molecule has 0 amide bonds. The van der Waals surface area contributed by atoms with Gasteiger partial charge in [-0.05, 0) is 36.8 Å². The molecule has 0 saturated carbocycles. The molecular weight excluding hydrogens is 278 g/mol. The number of benzene rings is 2. The molecule has 1 N–H and O–H groups in total. The number of hydrogen-bond acceptors (Lipinski definition) is 4. The summed E-state index contributed by atoms with van der Waals surface area (Å²) in [6.07, 6.45) is 0. The molecule has 3 aromatic carbocycles. The number of anilines is 2. The van der Waals surface area contributed by atoms with E-state index in [0.29, 0.717) is 11.3 Å². The summed E-state index contributed by atoms with van der Waals surface area (Å²) in [7, 11) is 1.59. The van der Waals surface area contributed by atoms with E-state index in [1.165, 1.54) is 0 Å². The standard InChI is InChI=1S/C18H15NO3/c1-11-3-5-12(6-4-11)15-16(18(21)17(15)20)19-13-7-9-14(22-2)10-8-13/h3-10,19H,1-2H3. The predicted octanol–water partition coefficient (Wildman–Crippen LogP) is 3.01. The molecule has 4 nitrogen and oxygen atoms in total. The van der Waals surface area contributed by atoms with E-state index in [9.17, 15) is 9.59 Å². The smallest absolute Gasteiger partial charge is 0.250 e. The Morgan fingerprint density at radius 2 is 1.50 bits per heavy atom. The van der Waals surface area contributed by atoms with Crippen molar-refractivity contribution in [1.29, 1.82) is 0 Å². The van der Waals surface area contributed by atoms with Gasteiger partial charge in [-0.3, -0.25) is 9.59 Å². The Morgan fingerprint density at radius 1 is 0.864 bits per heavy atom. The molecule has 0 unspecified atom stereocenters. The van der Waals surface area contributed by atoms with Crippen LogP contribution in [0.3, 0.4) is 0 Å². The molecular formula is C18H15NO3. The van der Waals surface area contributed by atoms with Crippen LogP contribution in [0.5, 0.6) is 5.75 Å². The van der Waals surface area contributed by atoms with Crippen molar-refractivity contribution < 1.29 is 4.74 Å². The Morgan fingerprint density at radius 3 is 2.09 bits per heavy atom. The predicted molar refractivity (Wildman–Crippen MR) is 87.8 cm³/mol. The Kier molecular flexibility index (Phi) is 3.51. The van der Waals surface area contributed by atoms with Gasteiger partial charge in [0.1, 0.15) is 11.4 Å². The van der Waals surface area contributed by atoms with Crippen LogP contribution in [-0.2, 0) is 0 Å². The minimum absolute atomic E-state index is 0.346. The lowest BCUT2D eigenvalue weighted by Crippen LogP contribution is -2.35. The highest BCUT2D eigenvalue weighted by atomic mass is 16.5. The fraction of sp³-hybridized carbons (Fsp3) is 0.111. The van der Waals surface area contributed by atoms with Crippen LogP contribution >= 0.6 is 0 Å². The van der Waals surface area contributed by atoms with Crippen LogP contribution in [0.25, 0.3) is 11.1 Å². The number of methoxy groups -OCH3 is 1. The number of aryl methyl sites for hydroxylation is 1. The highest BCUT2D eigenvalue weighted by Crippen LogP contribution is 2.27. The lowest BCUT2D eigenvalue weighted by atomic mass is 9.97. The molecule has 0 aromatic heterocycles. The maximum atomic E-state index is 11.9. The van der Waals surface area contributed by atoms with Gasteiger partial charge in [0.25, 0.3) is 5.43 Å². The zero-order valence-electron chi connectivity index (χ0n) is 12.3. The van der Waals surface area contributed by atoms with E-state index in [-0.39, 0.29) is 0 Å². The van der Waals surface area contributed by atoms with Crippen molar-refractivity contribution in [2.24, 2.45) is 0 Å². The summed E-state index contributed by atoms with van der Waals surface area (Å²) in [6, 6.07) is 14.7. The molecule has 0 saturated heterocycles. The molecule has 0 heterocycles. The summed E-state index contributed by atoms with van der Waals surface area (Å²) in [5, 5.41) is 3.03.